The number of ether oxygens (including phenoxy) is 2. The van der Waals surface area contributed by atoms with Crippen LogP contribution in [0.1, 0.15) is 39.5 Å². The van der Waals surface area contributed by atoms with Gasteiger partial charge in [-0.2, -0.15) is 10.5 Å². The summed E-state index contributed by atoms with van der Waals surface area (Å²) in [5.41, 5.74) is 0. The highest BCUT2D eigenvalue weighted by molar-refractivity contribution is 4.90. The van der Waals surface area contributed by atoms with E-state index in [4.69, 9.17) is 20.0 Å². The van der Waals surface area contributed by atoms with Crippen molar-refractivity contribution in [3.05, 3.63) is 24.3 Å². The van der Waals surface area contributed by atoms with Gasteiger partial charge in [-0.05, 0) is 26.7 Å². The first-order chi connectivity index (χ1) is 9.72. The normalized spacial score (nSPS) is 14.2. The molecule has 0 spiro atoms. The maximum Gasteiger partial charge on any atom is 0.0806 e. The van der Waals surface area contributed by atoms with Crippen LogP contribution in [0.4, 0.5) is 0 Å². The molecular formula is C16H24N2O2. The Labute approximate surface area is 122 Å². The van der Waals surface area contributed by atoms with E-state index < -0.39 is 0 Å². The van der Waals surface area contributed by atoms with Crippen molar-refractivity contribution < 1.29 is 9.47 Å². The molecule has 0 aliphatic carbocycles. The number of nitriles is 2. The summed E-state index contributed by atoms with van der Waals surface area (Å²) in [6.45, 7) is 5.27. The van der Waals surface area contributed by atoms with Crippen LogP contribution in [0, 0.1) is 22.7 Å². The molecule has 2 unspecified atom stereocenters. The van der Waals surface area contributed by atoms with E-state index in [1.54, 1.807) is 0 Å². The topological polar surface area (TPSA) is 66.0 Å². The average Bonchev–Trinajstić information content (AvgIpc) is 2.45. The van der Waals surface area contributed by atoms with Crippen LogP contribution < -0.4 is 0 Å². The molecule has 0 saturated carbocycles. The van der Waals surface area contributed by atoms with E-state index in [1.807, 2.05) is 38.2 Å². The molecule has 2 atom stereocenters. The fourth-order valence-corrected chi connectivity index (χ4v) is 1.42. The Kier molecular flexibility index (Phi) is 12.7. The Hall–Kier alpha value is -1.62. The van der Waals surface area contributed by atoms with E-state index in [9.17, 15) is 0 Å². The third kappa shape index (κ3) is 11.5. The quantitative estimate of drug-likeness (QED) is 0.428. The largest absolute Gasteiger partial charge is 0.376 e. The Morgan fingerprint density at radius 2 is 1.20 bits per heavy atom. The molecule has 4 heteroatoms. The van der Waals surface area contributed by atoms with Crippen LogP contribution in [0.2, 0.25) is 0 Å². The molecule has 0 heterocycles. The fraction of sp³-hybridized carbons (Fsp3) is 0.625. The van der Waals surface area contributed by atoms with E-state index in [-0.39, 0.29) is 12.2 Å². The zero-order valence-electron chi connectivity index (χ0n) is 12.4. The van der Waals surface area contributed by atoms with Gasteiger partial charge < -0.3 is 9.47 Å². The van der Waals surface area contributed by atoms with Crippen molar-refractivity contribution in [2.75, 3.05) is 13.2 Å². The van der Waals surface area contributed by atoms with Gasteiger partial charge in [-0.1, -0.05) is 24.3 Å². The van der Waals surface area contributed by atoms with Crippen molar-refractivity contribution in [3.8, 4) is 12.1 Å². The molecule has 0 N–H and O–H groups in total. The molecule has 0 aromatic heterocycles. The van der Waals surface area contributed by atoms with Gasteiger partial charge >= 0.3 is 0 Å². The first-order valence-corrected chi connectivity index (χ1v) is 6.99. The van der Waals surface area contributed by atoms with Gasteiger partial charge in [0.2, 0.25) is 0 Å². The maximum atomic E-state index is 8.36. The second kappa shape index (κ2) is 13.8. The summed E-state index contributed by atoms with van der Waals surface area (Å²) in [5, 5.41) is 16.7. The minimum absolute atomic E-state index is 0.0439. The van der Waals surface area contributed by atoms with Gasteiger partial charge in [0, 0.05) is 0 Å². The van der Waals surface area contributed by atoms with Gasteiger partial charge in [-0.3, -0.25) is 0 Å². The van der Waals surface area contributed by atoms with Crippen molar-refractivity contribution in [1.29, 1.82) is 10.5 Å². The lowest BCUT2D eigenvalue weighted by Crippen LogP contribution is -2.26. The van der Waals surface area contributed by atoms with Crippen molar-refractivity contribution in [1.82, 2.24) is 0 Å². The predicted molar refractivity (Wildman–Crippen MR) is 78.8 cm³/mol. The molecule has 20 heavy (non-hydrogen) atoms. The van der Waals surface area contributed by atoms with E-state index in [0.29, 0.717) is 26.1 Å². The number of nitrogens with zero attached hydrogens (tertiary/aromatic N) is 2. The van der Waals surface area contributed by atoms with Gasteiger partial charge in [0.1, 0.15) is 0 Å². The van der Waals surface area contributed by atoms with E-state index in [2.05, 4.69) is 12.1 Å². The summed E-state index contributed by atoms with van der Waals surface area (Å²) in [4.78, 5) is 0. The Morgan fingerprint density at radius 1 is 0.800 bits per heavy atom. The summed E-state index contributed by atoms with van der Waals surface area (Å²) >= 11 is 0. The first kappa shape index (κ1) is 18.4. The summed E-state index contributed by atoms with van der Waals surface area (Å²) in [5.74, 6) is 0. The zero-order valence-corrected chi connectivity index (χ0v) is 12.4. The molecule has 0 aromatic carbocycles. The lowest BCUT2D eigenvalue weighted by Gasteiger charge is -2.20. The van der Waals surface area contributed by atoms with Crippen LogP contribution in [0.15, 0.2) is 24.3 Å². The van der Waals surface area contributed by atoms with Gasteiger partial charge in [-0.15, -0.1) is 0 Å². The second-order valence-corrected chi connectivity index (χ2v) is 4.40. The lowest BCUT2D eigenvalue weighted by atomic mass is 10.2. The molecule has 110 valence electrons. The van der Waals surface area contributed by atoms with E-state index in [1.165, 1.54) is 0 Å². The average molecular weight is 276 g/mol. The minimum atomic E-state index is 0.0439. The minimum Gasteiger partial charge on any atom is -0.376 e. The standard InChI is InChI=1S/C16H24N2O2/c1-15(19-13-9-5-3-7-11-17)16(2)20-14-10-6-4-8-12-18/h3-6,15-16H,7-10,13-14H2,1-2H3. The molecule has 0 amide bonds. The summed E-state index contributed by atoms with van der Waals surface area (Å²) in [6, 6.07) is 4.11. The molecular weight excluding hydrogens is 252 g/mol. The van der Waals surface area contributed by atoms with Gasteiger partial charge in [0.25, 0.3) is 0 Å². The van der Waals surface area contributed by atoms with Gasteiger partial charge in [-0.25, -0.2) is 0 Å². The predicted octanol–water partition coefficient (Wildman–Crippen LogP) is 3.52. The fourth-order valence-electron chi connectivity index (χ4n) is 1.42. The number of allylic oxidation sites excluding steroid dienone is 2. The van der Waals surface area contributed by atoms with Crippen LogP contribution in [0.5, 0.6) is 0 Å². The maximum absolute atomic E-state index is 8.36. The Morgan fingerprint density at radius 3 is 1.55 bits per heavy atom. The molecule has 4 nitrogen and oxygen atoms in total. The highest BCUT2D eigenvalue weighted by Crippen LogP contribution is 2.05. The SMILES string of the molecule is CC(OCCC=CCC#N)C(C)OCCC=CCC#N. The molecule has 0 radical (unpaired) electrons. The van der Waals surface area contributed by atoms with Gasteiger partial charge in [0.15, 0.2) is 0 Å². The summed E-state index contributed by atoms with van der Waals surface area (Å²) in [6.07, 6.45) is 10.2. The van der Waals surface area contributed by atoms with Gasteiger partial charge in [0.05, 0.1) is 50.4 Å². The number of hydrogen-bond donors (Lipinski definition) is 0. The molecule has 0 rings (SSSR count). The van der Waals surface area contributed by atoms with Crippen LogP contribution in [0.25, 0.3) is 0 Å². The highest BCUT2D eigenvalue weighted by atomic mass is 16.5. The highest BCUT2D eigenvalue weighted by Gasteiger charge is 2.11. The molecule has 0 fully saturated rings. The van der Waals surface area contributed by atoms with Crippen molar-refractivity contribution in [3.63, 3.8) is 0 Å². The van der Waals surface area contributed by atoms with Crippen LogP contribution in [-0.4, -0.2) is 25.4 Å². The van der Waals surface area contributed by atoms with Crippen molar-refractivity contribution >= 4 is 0 Å². The number of hydrogen-bond acceptors (Lipinski definition) is 4. The van der Waals surface area contributed by atoms with E-state index in [0.717, 1.165) is 12.8 Å². The zero-order chi connectivity index (χ0) is 15.1. The van der Waals surface area contributed by atoms with Crippen molar-refractivity contribution in [2.45, 2.75) is 51.7 Å². The Balaban J connectivity index is 3.59. The van der Waals surface area contributed by atoms with E-state index >= 15 is 0 Å². The van der Waals surface area contributed by atoms with Crippen LogP contribution in [-0.2, 0) is 9.47 Å². The summed E-state index contributed by atoms with van der Waals surface area (Å²) in [7, 11) is 0. The second-order valence-electron chi connectivity index (χ2n) is 4.40. The smallest absolute Gasteiger partial charge is 0.0806 e. The molecule has 0 bridgehead atoms. The lowest BCUT2D eigenvalue weighted by molar-refractivity contribution is -0.0538. The first-order valence-electron chi connectivity index (χ1n) is 6.99. The molecule has 0 aliphatic rings. The molecule has 0 aromatic rings. The molecule has 0 saturated heterocycles. The van der Waals surface area contributed by atoms with Crippen LogP contribution >= 0.6 is 0 Å². The van der Waals surface area contributed by atoms with Crippen molar-refractivity contribution in [2.24, 2.45) is 0 Å². The summed E-state index contributed by atoms with van der Waals surface area (Å²) < 4.78 is 11.3. The monoisotopic (exact) mass is 276 g/mol. The third-order valence-electron chi connectivity index (χ3n) is 2.74. The van der Waals surface area contributed by atoms with Crippen LogP contribution in [0.3, 0.4) is 0 Å². The Bertz CT molecular complexity index is 328. The number of rotatable bonds is 11. The third-order valence-corrected chi connectivity index (χ3v) is 2.74. The molecule has 0 aliphatic heterocycles.